The monoisotopic (exact) mass is 277 g/mol. The summed E-state index contributed by atoms with van der Waals surface area (Å²) in [5.41, 5.74) is 6.92. The van der Waals surface area contributed by atoms with E-state index in [0.717, 1.165) is 18.4 Å². The summed E-state index contributed by atoms with van der Waals surface area (Å²) >= 11 is 0. The Bertz CT molecular complexity index is 392. The van der Waals surface area contributed by atoms with E-state index in [9.17, 15) is 4.79 Å². The predicted molar refractivity (Wildman–Crippen MR) is 82.2 cm³/mol. The average Bonchev–Trinajstić information content (AvgIpc) is 2.39. The van der Waals surface area contributed by atoms with E-state index >= 15 is 0 Å². The lowest BCUT2D eigenvalue weighted by molar-refractivity contribution is -0.123. The lowest BCUT2D eigenvalue weighted by Gasteiger charge is -2.18. The summed E-state index contributed by atoms with van der Waals surface area (Å²) < 4.78 is 0. The van der Waals surface area contributed by atoms with Crippen LogP contribution in [0.15, 0.2) is 24.5 Å². The van der Waals surface area contributed by atoms with Crippen molar-refractivity contribution in [1.82, 2.24) is 10.3 Å². The van der Waals surface area contributed by atoms with Crippen molar-refractivity contribution >= 4 is 5.91 Å². The number of amides is 1. The zero-order valence-electron chi connectivity index (χ0n) is 12.8. The summed E-state index contributed by atoms with van der Waals surface area (Å²) in [6.45, 7) is 6.47. The summed E-state index contributed by atoms with van der Waals surface area (Å²) in [6.07, 6.45) is 7.33. The van der Waals surface area contributed by atoms with Crippen LogP contribution in [0.1, 0.15) is 45.6 Å². The van der Waals surface area contributed by atoms with Crippen LogP contribution in [0.25, 0.3) is 0 Å². The molecule has 0 aliphatic carbocycles. The van der Waals surface area contributed by atoms with Crippen molar-refractivity contribution in [2.75, 3.05) is 0 Å². The quantitative estimate of drug-likeness (QED) is 0.766. The van der Waals surface area contributed by atoms with E-state index in [0.29, 0.717) is 12.3 Å². The van der Waals surface area contributed by atoms with Crippen LogP contribution < -0.4 is 11.1 Å². The van der Waals surface area contributed by atoms with Gasteiger partial charge in [0.2, 0.25) is 5.91 Å². The minimum atomic E-state index is -0.508. The van der Waals surface area contributed by atoms with Gasteiger partial charge in [-0.2, -0.15) is 0 Å². The van der Waals surface area contributed by atoms with E-state index in [1.807, 2.05) is 19.1 Å². The fraction of sp³-hybridized carbons (Fsp3) is 0.625. The molecule has 0 saturated heterocycles. The zero-order chi connectivity index (χ0) is 15.0. The normalized spacial score (nSPS) is 14.1. The van der Waals surface area contributed by atoms with E-state index in [4.69, 9.17) is 5.73 Å². The molecule has 1 rings (SSSR count). The van der Waals surface area contributed by atoms with Gasteiger partial charge in [0.1, 0.15) is 0 Å². The molecular formula is C16H27N3O. The Balaban J connectivity index is 2.30. The Kier molecular flexibility index (Phi) is 7.23. The highest BCUT2D eigenvalue weighted by Gasteiger charge is 2.16. The zero-order valence-corrected chi connectivity index (χ0v) is 12.8. The van der Waals surface area contributed by atoms with Gasteiger partial charge in [-0.05, 0) is 37.3 Å². The smallest absolute Gasteiger partial charge is 0.237 e. The molecular weight excluding hydrogens is 250 g/mol. The first-order valence-corrected chi connectivity index (χ1v) is 7.44. The molecule has 1 heterocycles. The van der Waals surface area contributed by atoms with Crippen LogP contribution in [-0.2, 0) is 11.2 Å². The van der Waals surface area contributed by atoms with Crippen molar-refractivity contribution < 1.29 is 4.79 Å². The Morgan fingerprint density at radius 3 is 2.70 bits per heavy atom. The first-order valence-electron chi connectivity index (χ1n) is 7.44. The molecule has 1 amide bonds. The third kappa shape index (κ3) is 6.66. The van der Waals surface area contributed by atoms with E-state index in [1.54, 1.807) is 12.4 Å². The van der Waals surface area contributed by atoms with Gasteiger partial charge in [0, 0.05) is 18.4 Å². The fourth-order valence-corrected chi connectivity index (χ4v) is 2.12. The number of rotatable bonds is 8. The van der Waals surface area contributed by atoms with Gasteiger partial charge in [0.15, 0.2) is 0 Å². The molecule has 0 aromatic carbocycles. The first-order chi connectivity index (χ1) is 9.49. The third-order valence-electron chi connectivity index (χ3n) is 3.32. The van der Waals surface area contributed by atoms with Crippen molar-refractivity contribution in [3.8, 4) is 0 Å². The highest BCUT2D eigenvalue weighted by atomic mass is 16.2. The van der Waals surface area contributed by atoms with Gasteiger partial charge in [-0.1, -0.05) is 32.8 Å². The molecule has 0 radical (unpaired) electrons. The van der Waals surface area contributed by atoms with Crippen molar-refractivity contribution in [2.24, 2.45) is 11.7 Å². The van der Waals surface area contributed by atoms with Gasteiger partial charge in [-0.25, -0.2) is 0 Å². The van der Waals surface area contributed by atoms with E-state index in [-0.39, 0.29) is 11.9 Å². The first kappa shape index (κ1) is 16.6. The molecule has 0 aliphatic rings. The number of carbonyl (C=O) groups is 1. The van der Waals surface area contributed by atoms with Crippen LogP contribution in [0.2, 0.25) is 0 Å². The average molecular weight is 277 g/mol. The van der Waals surface area contributed by atoms with Gasteiger partial charge < -0.3 is 11.1 Å². The Labute approximate surface area is 122 Å². The molecule has 1 aromatic heterocycles. The standard InChI is InChI=1S/C16H27N3O/c1-12(2)6-4-7-13(3)19-16(20)15(17)10-14-8-5-9-18-11-14/h5,8-9,11-13,15H,4,6-7,10,17H2,1-3H3,(H,19,20)/t13?,15-/m1/s1. The molecule has 0 fully saturated rings. The molecule has 4 nitrogen and oxygen atoms in total. The molecule has 3 N–H and O–H groups in total. The van der Waals surface area contributed by atoms with Crippen LogP contribution >= 0.6 is 0 Å². The number of hydrogen-bond acceptors (Lipinski definition) is 3. The molecule has 1 unspecified atom stereocenters. The Hall–Kier alpha value is -1.42. The largest absolute Gasteiger partial charge is 0.352 e. The third-order valence-corrected chi connectivity index (χ3v) is 3.32. The van der Waals surface area contributed by atoms with Crippen molar-refractivity contribution in [1.29, 1.82) is 0 Å². The second kappa shape index (κ2) is 8.69. The number of nitrogens with one attached hydrogen (secondary N) is 1. The number of nitrogens with zero attached hydrogens (tertiary/aromatic N) is 1. The van der Waals surface area contributed by atoms with Crippen LogP contribution in [0.4, 0.5) is 0 Å². The molecule has 4 heteroatoms. The lowest BCUT2D eigenvalue weighted by Crippen LogP contribution is -2.45. The summed E-state index contributed by atoms with van der Waals surface area (Å²) in [5.74, 6) is 0.636. The van der Waals surface area contributed by atoms with E-state index in [2.05, 4.69) is 24.1 Å². The molecule has 0 bridgehead atoms. The van der Waals surface area contributed by atoms with Gasteiger partial charge in [0.05, 0.1) is 6.04 Å². The Morgan fingerprint density at radius 1 is 1.35 bits per heavy atom. The number of pyridine rings is 1. The minimum Gasteiger partial charge on any atom is -0.352 e. The number of carbonyl (C=O) groups excluding carboxylic acids is 1. The summed E-state index contributed by atoms with van der Waals surface area (Å²) in [5, 5.41) is 2.99. The van der Waals surface area contributed by atoms with Gasteiger partial charge in [-0.3, -0.25) is 9.78 Å². The Morgan fingerprint density at radius 2 is 2.10 bits per heavy atom. The van der Waals surface area contributed by atoms with Gasteiger partial charge in [-0.15, -0.1) is 0 Å². The SMILES string of the molecule is CC(C)CCCC(C)NC(=O)[C@H](N)Cc1cccnc1. The van der Waals surface area contributed by atoms with Gasteiger partial charge >= 0.3 is 0 Å². The summed E-state index contributed by atoms with van der Waals surface area (Å²) in [6, 6.07) is 3.47. The molecule has 0 saturated carbocycles. The molecule has 1 aromatic rings. The van der Waals surface area contributed by atoms with Crippen molar-refractivity contribution in [3.05, 3.63) is 30.1 Å². The minimum absolute atomic E-state index is 0.0779. The second-order valence-corrected chi connectivity index (χ2v) is 5.91. The fourth-order valence-electron chi connectivity index (χ4n) is 2.12. The molecule has 112 valence electrons. The number of nitrogens with two attached hydrogens (primary N) is 1. The molecule has 2 atom stereocenters. The predicted octanol–water partition coefficient (Wildman–Crippen LogP) is 2.28. The summed E-state index contributed by atoms with van der Waals surface area (Å²) in [7, 11) is 0. The summed E-state index contributed by atoms with van der Waals surface area (Å²) in [4.78, 5) is 16.0. The van der Waals surface area contributed by atoms with Crippen LogP contribution in [0.5, 0.6) is 0 Å². The molecule has 0 spiro atoms. The van der Waals surface area contributed by atoms with Gasteiger partial charge in [0.25, 0.3) is 0 Å². The highest BCUT2D eigenvalue weighted by molar-refractivity contribution is 5.82. The van der Waals surface area contributed by atoms with Crippen molar-refractivity contribution in [2.45, 2.75) is 58.5 Å². The van der Waals surface area contributed by atoms with E-state index in [1.165, 1.54) is 6.42 Å². The molecule has 0 aliphatic heterocycles. The topological polar surface area (TPSA) is 68.0 Å². The van der Waals surface area contributed by atoms with Crippen LogP contribution in [0, 0.1) is 5.92 Å². The lowest BCUT2D eigenvalue weighted by atomic mass is 10.0. The number of hydrogen-bond donors (Lipinski definition) is 2. The second-order valence-electron chi connectivity index (χ2n) is 5.91. The van der Waals surface area contributed by atoms with E-state index < -0.39 is 6.04 Å². The molecule has 20 heavy (non-hydrogen) atoms. The maximum atomic E-state index is 12.0. The van der Waals surface area contributed by atoms with Crippen molar-refractivity contribution in [3.63, 3.8) is 0 Å². The number of aromatic nitrogens is 1. The van der Waals surface area contributed by atoms with Crippen LogP contribution in [0.3, 0.4) is 0 Å². The van der Waals surface area contributed by atoms with Crippen LogP contribution in [-0.4, -0.2) is 23.0 Å². The maximum absolute atomic E-state index is 12.0. The highest BCUT2D eigenvalue weighted by Crippen LogP contribution is 2.08. The maximum Gasteiger partial charge on any atom is 0.237 e.